The van der Waals surface area contributed by atoms with E-state index in [0.717, 1.165) is 57.4 Å². The van der Waals surface area contributed by atoms with E-state index >= 15 is 0 Å². The van der Waals surface area contributed by atoms with Crippen molar-refractivity contribution in [3.8, 4) is 0 Å². The zero-order valence-corrected chi connectivity index (χ0v) is 21.9. The molecule has 3 atom stereocenters. The van der Waals surface area contributed by atoms with E-state index in [1.165, 1.54) is 25.9 Å². The first kappa shape index (κ1) is 24.8. The molecule has 5 fully saturated rings. The van der Waals surface area contributed by atoms with Crippen molar-refractivity contribution in [3.05, 3.63) is 17.5 Å². The number of piperidine rings is 2. The molecular weight excluding hydrogens is 480 g/mol. The van der Waals surface area contributed by atoms with Crippen LogP contribution >= 0.6 is 0 Å². The van der Waals surface area contributed by atoms with Gasteiger partial charge in [-0.1, -0.05) is 5.16 Å². The van der Waals surface area contributed by atoms with Gasteiger partial charge in [-0.2, -0.15) is 17.0 Å². The summed E-state index contributed by atoms with van der Waals surface area (Å²) < 4.78 is 36.1. The maximum Gasteiger partial charge on any atom is 0.282 e. The number of nitrogens with one attached hydrogen (secondary N) is 2. The lowest BCUT2D eigenvalue weighted by molar-refractivity contribution is 0.0897. The van der Waals surface area contributed by atoms with Crippen molar-refractivity contribution in [2.24, 2.45) is 0 Å². The molecule has 2 bridgehead atoms. The summed E-state index contributed by atoms with van der Waals surface area (Å²) in [5, 5.41) is 10.7. The van der Waals surface area contributed by atoms with E-state index in [1.807, 2.05) is 0 Å². The van der Waals surface area contributed by atoms with Crippen LogP contribution in [0.5, 0.6) is 0 Å². The monoisotopic (exact) mass is 520 g/mol. The van der Waals surface area contributed by atoms with E-state index in [1.54, 1.807) is 14.7 Å². The highest BCUT2D eigenvalue weighted by molar-refractivity contribution is 7.86. The molecule has 10 nitrogen and oxygen atoms in total. The second kappa shape index (κ2) is 10.3. The molecule has 6 rings (SSSR count). The molecule has 4 aliphatic heterocycles. The van der Waals surface area contributed by atoms with Gasteiger partial charge in [0.15, 0.2) is 5.69 Å². The van der Waals surface area contributed by atoms with Gasteiger partial charge in [0.25, 0.3) is 16.1 Å². The van der Waals surface area contributed by atoms with Gasteiger partial charge in [0, 0.05) is 62.3 Å². The van der Waals surface area contributed by atoms with Gasteiger partial charge in [0.2, 0.25) is 0 Å². The molecule has 0 aromatic carbocycles. The van der Waals surface area contributed by atoms with E-state index < -0.39 is 10.2 Å². The summed E-state index contributed by atoms with van der Waals surface area (Å²) in [7, 11) is -3.49. The zero-order valence-electron chi connectivity index (χ0n) is 21.1. The Hall–Kier alpha value is -1.53. The largest absolute Gasteiger partial charge is 0.360 e. The molecule has 200 valence electrons. The summed E-state index contributed by atoms with van der Waals surface area (Å²) >= 11 is 0. The van der Waals surface area contributed by atoms with E-state index in [0.29, 0.717) is 43.6 Å². The predicted octanol–water partition coefficient (Wildman–Crippen LogP) is 1.67. The van der Waals surface area contributed by atoms with Crippen molar-refractivity contribution in [3.63, 3.8) is 0 Å². The molecule has 0 spiro atoms. The van der Waals surface area contributed by atoms with Gasteiger partial charge in [0.1, 0.15) is 5.76 Å². The van der Waals surface area contributed by atoms with Gasteiger partial charge in [-0.15, -0.1) is 0 Å². The number of rotatable bonds is 9. The molecule has 2 N–H and O–H groups in total. The number of fused-ring (bicyclic) bond motifs is 2. The first-order chi connectivity index (χ1) is 17.5. The number of aromatic nitrogens is 1. The van der Waals surface area contributed by atoms with Crippen molar-refractivity contribution in [1.82, 2.24) is 29.3 Å². The van der Waals surface area contributed by atoms with E-state index in [4.69, 9.17) is 4.52 Å². The third-order valence-electron chi connectivity index (χ3n) is 8.85. The van der Waals surface area contributed by atoms with Crippen LogP contribution in [0.3, 0.4) is 0 Å². The lowest BCUT2D eigenvalue weighted by atomic mass is 9.99. The molecule has 1 aromatic heterocycles. The highest BCUT2D eigenvalue weighted by Crippen LogP contribution is 2.41. The summed E-state index contributed by atoms with van der Waals surface area (Å²) in [5.74, 6) is 0.997. The molecule has 1 unspecified atom stereocenters. The van der Waals surface area contributed by atoms with Gasteiger partial charge >= 0.3 is 0 Å². The Morgan fingerprint density at radius 1 is 0.972 bits per heavy atom. The third-order valence-corrected chi connectivity index (χ3v) is 11.0. The van der Waals surface area contributed by atoms with Crippen LogP contribution < -0.4 is 10.6 Å². The predicted molar refractivity (Wildman–Crippen MR) is 135 cm³/mol. The smallest absolute Gasteiger partial charge is 0.282 e. The van der Waals surface area contributed by atoms with Crippen LogP contribution in [0.15, 0.2) is 10.6 Å². The number of likely N-dealkylation sites (tertiary alicyclic amines) is 1. The molecule has 5 heterocycles. The van der Waals surface area contributed by atoms with E-state index in [9.17, 15) is 13.2 Å². The Kier molecular flexibility index (Phi) is 7.11. The second-order valence-corrected chi connectivity index (χ2v) is 13.3. The zero-order chi connectivity index (χ0) is 24.7. The van der Waals surface area contributed by atoms with Crippen molar-refractivity contribution < 1.29 is 17.7 Å². The Labute approximate surface area is 214 Å². The molecule has 1 amide bonds. The fourth-order valence-corrected chi connectivity index (χ4v) is 8.78. The molecule has 0 radical (unpaired) electrons. The number of carbonyl (C=O) groups excluding carboxylic acids is 1. The minimum Gasteiger partial charge on any atom is -0.360 e. The average Bonchev–Trinajstić information content (AvgIpc) is 3.25. The standard InChI is InChI=1S/C25H40N6O4S/c32-25(23-17-24(35-28-23)18-3-4-18)27-20-15-21-5-6-22(16-20)31(21)36(33,34)30-12-7-19(8-13-30)26-9-14-29-10-1-2-11-29/h17-22,26H,1-16H2,(H,27,32)/t20?,21-,22+. The quantitative estimate of drug-likeness (QED) is 0.510. The second-order valence-electron chi connectivity index (χ2n) is 11.4. The lowest BCUT2D eigenvalue weighted by Gasteiger charge is -2.42. The Balaban J connectivity index is 0.992. The van der Waals surface area contributed by atoms with Crippen LogP contribution in [-0.2, 0) is 10.2 Å². The van der Waals surface area contributed by atoms with Crippen LogP contribution in [0.4, 0.5) is 0 Å². The highest BCUT2D eigenvalue weighted by atomic mass is 32.2. The number of nitrogens with zero attached hydrogens (tertiary/aromatic N) is 4. The number of hydrogen-bond donors (Lipinski definition) is 2. The molecule has 4 saturated heterocycles. The van der Waals surface area contributed by atoms with Crippen LogP contribution in [0.25, 0.3) is 0 Å². The number of hydrogen-bond acceptors (Lipinski definition) is 7. The summed E-state index contributed by atoms with van der Waals surface area (Å²) in [4.78, 5) is 15.2. The molecule has 1 aliphatic carbocycles. The number of carbonyl (C=O) groups is 1. The Morgan fingerprint density at radius 2 is 1.67 bits per heavy atom. The Bertz CT molecular complexity index is 1020. The van der Waals surface area contributed by atoms with Gasteiger partial charge in [-0.25, -0.2) is 0 Å². The molecule has 1 aromatic rings. The molecule has 1 saturated carbocycles. The molecule has 11 heteroatoms. The van der Waals surface area contributed by atoms with Crippen molar-refractivity contribution in [2.75, 3.05) is 39.3 Å². The first-order valence-electron chi connectivity index (χ1n) is 14.0. The summed E-state index contributed by atoms with van der Waals surface area (Å²) in [6.45, 7) is 5.65. The van der Waals surface area contributed by atoms with Gasteiger partial charge in [0.05, 0.1) is 0 Å². The number of amides is 1. The van der Waals surface area contributed by atoms with Crippen LogP contribution in [0.1, 0.15) is 86.4 Å². The van der Waals surface area contributed by atoms with Crippen molar-refractivity contribution in [1.29, 1.82) is 0 Å². The van der Waals surface area contributed by atoms with E-state index in [-0.39, 0.29) is 24.0 Å². The highest BCUT2D eigenvalue weighted by Gasteiger charge is 2.49. The maximum atomic E-state index is 13.6. The lowest BCUT2D eigenvalue weighted by Crippen LogP contribution is -2.57. The minimum atomic E-state index is -3.49. The van der Waals surface area contributed by atoms with Crippen molar-refractivity contribution >= 4 is 16.1 Å². The molecule has 5 aliphatic rings. The maximum absolute atomic E-state index is 13.6. The summed E-state index contributed by atoms with van der Waals surface area (Å²) in [6.07, 6.45) is 9.57. The normalized spacial score (nSPS) is 30.7. The van der Waals surface area contributed by atoms with Gasteiger partial charge in [-0.3, -0.25) is 4.79 Å². The minimum absolute atomic E-state index is 0.0342. The fourth-order valence-electron chi connectivity index (χ4n) is 6.70. The van der Waals surface area contributed by atoms with Gasteiger partial charge in [-0.05, 0) is 77.3 Å². The average molecular weight is 521 g/mol. The first-order valence-corrected chi connectivity index (χ1v) is 15.4. The summed E-state index contributed by atoms with van der Waals surface area (Å²) in [6, 6.07) is 2.03. The van der Waals surface area contributed by atoms with Crippen molar-refractivity contribution in [2.45, 2.75) is 94.3 Å². The third kappa shape index (κ3) is 5.22. The SMILES string of the molecule is O=C(NC1C[C@H]2CC[C@@H](C1)N2S(=O)(=O)N1CCC(NCCN2CCCC2)CC1)c1cc(C2CC2)on1. The fraction of sp³-hybridized carbons (Fsp3) is 0.840. The summed E-state index contributed by atoms with van der Waals surface area (Å²) in [5.41, 5.74) is 0.330. The van der Waals surface area contributed by atoms with E-state index in [2.05, 4.69) is 20.7 Å². The molecule has 36 heavy (non-hydrogen) atoms. The van der Waals surface area contributed by atoms with Gasteiger partial charge < -0.3 is 20.1 Å². The topological polar surface area (TPSA) is 111 Å². The molecular formula is C25H40N6O4S. The van der Waals surface area contributed by atoms with Crippen LogP contribution in [0, 0.1) is 0 Å². The van der Waals surface area contributed by atoms with Crippen LogP contribution in [-0.4, -0.2) is 96.4 Å². The van der Waals surface area contributed by atoms with Crippen LogP contribution in [0.2, 0.25) is 0 Å². The Morgan fingerprint density at radius 3 is 2.33 bits per heavy atom.